The first-order valence-corrected chi connectivity index (χ1v) is 10.1. The summed E-state index contributed by atoms with van der Waals surface area (Å²) in [4.78, 5) is 19.3. The smallest absolute Gasteiger partial charge is 0.266 e. The second-order valence-corrected chi connectivity index (χ2v) is 7.15. The van der Waals surface area contributed by atoms with Crippen LogP contribution in [0.2, 0.25) is 0 Å². The van der Waals surface area contributed by atoms with Crippen molar-refractivity contribution < 1.29 is 19.0 Å². The van der Waals surface area contributed by atoms with Crippen LogP contribution in [0, 0.1) is 0 Å². The number of hydrogen-bond acceptors (Lipinski definition) is 6. The number of methoxy groups -OCH3 is 1. The predicted octanol–water partition coefficient (Wildman–Crippen LogP) is 4.12. The van der Waals surface area contributed by atoms with E-state index in [1.54, 1.807) is 35.9 Å². The standard InChI is InChI=1S/C21H24N2O4S/c1-4-26-17-10-6-5-9-16(17)22-21-23(15(2)14-28-21)20(24)13-27-19-12-8-7-11-18(19)25-3/h5-12,15H,4,13-14H2,1-3H3/t15-/m1/s1. The van der Waals surface area contributed by atoms with Gasteiger partial charge in [-0.25, -0.2) is 4.99 Å². The molecule has 1 aliphatic heterocycles. The van der Waals surface area contributed by atoms with Gasteiger partial charge in [-0.3, -0.25) is 9.69 Å². The van der Waals surface area contributed by atoms with Crippen molar-refractivity contribution in [2.75, 3.05) is 26.1 Å². The molecular weight excluding hydrogens is 376 g/mol. The molecule has 7 heteroatoms. The second kappa shape index (κ2) is 9.50. The lowest BCUT2D eigenvalue weighted by molar-refractivity contribution is -0.130. The van der Waals surface area contributed by atoms with Gasteiger partial charge in [0.2, 0.25) is 0 Å². The molecule has 1 amide bonds. The van der Waals surface area contributed by atoms with Crippen molar-refractivity contribution in [2.24, 2.45) is 4.99 Å². The van der Waals surface area contributed by atoms with Crippen molar-refractivity contribution in [1.29, 1.82) is 0 Å². The number of para-hydroxylation sites is 4. The third-order valence-electron chi connectivity index (χ3n) is 4.17. The molecule has 1 fully saturated rings. The highest BCUT2D eigenvalue weighted by atomic mass is 32.2. The maximum absolute atomic E-state index is 12.9. The number of carbonyl (C=O) groups is 1. The third-order valence-corrected chi connectivity index (χ3v) is 5.37. The van der Waals surface area contributed by atoms with Gasteiger partial charge in [0.25, 0.3) is 5.91 Å². The Balaban J connectivity index is 1.76. The van der Waals surface area contributed by atoms with E-state index in [2.05, 4.69) is 0 Å². The van der Waals surface area contributed by atoms with Crippen LogP contribution in [-0.4, -0.2) is 48.1 Å². The number of ether oxygens (including phenoxy) is 3. The normalized spacial score (nSPS) is 17.6. The molecule has 1 atom stereocenters. The van der Waals surface area contributed by atoms with Crippen molar-refractivity contribution in [1.82, 2.24) is 4.90 Å². The molecule has 6 nitrogen and oxygen atoms in total. The van der Waals surface area contributed by atoms with Crippen LogP contribution in [0.3, 0.4) is 0 Å². The Morgan fingerprint density at radius 3 is 2.50 bits per heavy atom. The summed E-state index contributed by atoms with van der Waals surface area (Å²) in [6.07, 6.45) is 0. The second-order valence-electron chi connectivity index (χ2n) is 6.16. The molecule has 1 saturated heterocycles. The van der Waals surface area contributed by atoms with E-state index in [1.165, 1.54) is 0 Å². The number of aliphatic imine (C=N–C) groups is 1. The van der Waals surface area contributed by atoms with E-state index in [1.807, 2.05) is 50.2 Å². The summed E-state index contributed by atoms with van der Waals surface area (Å²) >= 11 is 1.56. The summed E-state index contributed by atoms with van der Waals surface area (Å²) in [6, 6.07) is 14.9. The summed E-state index contributed by atoms with van der Waals surface area (Å²) in [5.74, 6) is 2.49. The van der Waals surface area contributed by atoms with Crippen LogP contribution in [0.15, 0.2) is 53.5 Å². The first kappa shape index (κ1) is 20.1. The molecule has 0 unspecified atom stereocenters. The van der Waals surface area contributed by atoms with Crippen molar-refractivity contribution in [3.05, 3.63) is 48.5 Å². The van der Waals surface area contributed by atoms with Gasteiger partial charge in [-0.05, 0) is 38.1 Å². The minimum Gasteiger partial charge on any atom is -0.493 e. The number of amidine groups is 1. The number of nitrogens with zero attached hydrogens (tertiary/aromatic N) is 2. The van der Waals surface area contributed by atoms with E-state index >= 15 is 0 Å². The lowest BCUT2D eigenvalue weighted by Crippen LogP contribution is -2.40. The van der Waals surface area contributed by atoms with Crippen LogP contribution in [0.1, 0.15) is 13.8 Å². The molecule has 0 spiro atoms. The molecule has 0 saturated carbocycles. The van der Waals surface area contributed by atoms with Gasteiger partial charge < -0.3 is 14.2 Å². The highest BCUT2D eigenvalue weighted by Gasteiger charge is 2.32. The summed E-state index contributed by atoms with van der Waals surface area (Å²) in [6.45, 7) is 4.41. The maximum Gasteiger partial charge on any atom is 0.266 e. The average molecular weight is 401 g/mol. The Labute approximate surface area is 169 Å². The first-order chi connectivity index (χ1) is 13.6. The molecule has 3 rings (SSSR count). The molecule has 1 heterocycles. The lowest BCUT2D eigenvalue weighted by atomic mass is 10.3. The zero-order valence-corrected chi connectivity index (χ0v) is 17.1. The zero-order chi connectivity index (χ0) is 19.9. The number of thioether (sulfide) groups is 1. The topological polar surface area (TPSA) is 60.4 Å². The van der Waals surface area contributed by atoms with Crippen LogP contribution in [0.5, 0.6) is 17.2 Å². The van der Waals surface area contributed by atoms with E-state index < -0.39 is 0 Å². The van der Waals surface area contributed by atoms with Crippen molar-refractivity contribution in [3.63, 3.8) is 0 Å². The maximum atomic E-state index is 12.9. The molecule has 28 heavy (non-hydrogen) atoms. The summed E-state index contributed by atoms with van der Waals surface area (Å²) in [5.41, 5.74) is 0.712. The Morgan fingerprint density at radius 2 is 1.79 bits per heavy atom. The molecular formula is C21H24N2O4S. The fraction of sp³-hybridized carbons (Fsp3) is 0.333. The molecule has 2 aromatic carbocycles. The van der Waals surface area contributed by atoms with Gasteiger partial charge in [-0.2, -0.15) is 0 Å². The SMILES string of the molecule is CCOc1ccccc1N=C1SC[C@@H](C)N1C(=O)COc1ccccc1OC. The van der Waals surface area contributed by atoms with E-state index in [-0.39, 0.29) is 18.6 Å². The number of carbonyl (C=O) groups excluding carboxylic acids is 1. The summed E-state index contributed by atoms with van der Waals surface area (Å²) in [7, 11) is 1.57. The van der Waals surface area contributed by atoms with E-state index in [9.17, 15) is 4.79 Å². The Kier molecular flexibility index (Phi) is 6.81. The number of rotatable bonds is 7. The van der Waals surface area contributed by atoms with Gasteiger partial charge in [0.15, 0.2) is 23.3 Å². The quantitative estimate of drug-likeness (QED) is 0.700. The average Bonchev–Trinajstić information content (AvgIpc) is 3.08. The van der Waals surface area contributed by atoms with Crippen LogP contribution in [0.4, 0.5) is 5.69 Å². The molecule has 0 aromatic heterocycles. The van der Waals surface area contributed by atoms with Gasteiger partial charge in [-0.15, -0.1) is 0 Å². The fourth-order valence-corrected chi connectivity index (χ4v) is 3.97. The van der Waals surface area contributed by atoms with Gasteiger partial charge in [0.1, 0.15) is 11.4 Å². The lowest BCUT2D eigenvalue weighted by Gasteiger charge is -2.21. The highest BCUT2D eigenvalue weighted by Crippen LogP contribution is 2.32. The monoisotopic (exact) mass is 400 g/mol. The number of amides is 1. The van der Waals surface area contributed by atoms with Gasteiger partial charge in [0, 0.05) is 11.8 Å². The van der Waals surface area contributed by atoms with E-state index in [0.29, 0.717) is 34.7 Å². The van der Waals surface area contributed by atoms with Crippen molar-refractivity contribution >= 4 is 28.5 Å². The van der Waals surface area contributed by atoms with Gasteiger partial charge >= 0.3 is 0 Å². The van der Waals surface area contributed by atoms with Crippen LogP contribution < -0.4 is 14.2 Å². The van der Waals surface area contributed by atoms with Gasteiger partial charge in [-0.1, -0.05) is 36.0 Å². The highest BCUT2D eigenvalue weighted by molar-refractivity contribution is 8.14. The largest absolute Gasteiger partial charge is 0.493 e. The molecule has 148 valence electrons. The molecule has 0 bridgehead atoms. The predicted molar refractivity (Wildman–Crippen MR) is 112 cm³/mol. The third kappa shape index (κ3) is 4.59. The van der Waals surface area contributed by atoms with E-state index in [4.69, 9.17) is 19.2 Å². The Hall–Kier alpha value is -2.67. The molecule has 0 radical (unpaired) electrons. The number of benzene rings is 2. The Morgan fingerprint density at radius 1 is 1.11 bits per heavy atom. The molecule has 0 N–H and O–H groups in total. The summed E-state index contributed by atoms with van der Waals surface area (Å²) in [5, 5.41) is 0.660. The van der Waals surface area contributed by atoms with E-state index in [0.717, 1.165) is 5.75 Å². The van der Waals surface area contributed by atoms with Crippen LogP contribution >= 0.6 is 11.8 Å². The minimum absolute atomic E-state index is 0.0387. The fourth-order valence-electron chi connectivity index (χ4n) is 2.84. The van der Waals surface area contributed by atoms with Crippen molar-refractivity contribution in [2.45, 2.75) is 19.9 Å². The van der Waals surface area contributed by atoms with Gasteiger partial charge in [0.05, 0.1) is 13.7 Å². The summed E-state index contributed by atoms with van der Waals surface area (Å²) < 4.78 is 16.6. The molecule has 1 aliphatic rings. The molecule has 2 aromatic rings. The van der Waals surface area contributed by atoms with Crippen molar-refractivity contribution in [3.8, 4) is 17.2 Å². The zero-order valence-electron chi connectivity index (χ0n) is 16.3. The first-order valence-electron chi connectivity index (χ1n) is 9.15. The molecule has 0 aliphatic carbocycles. The number of hydrogen-bond donors (Lipinski definition) is 0. The van der Waals surface area contributed by atoms with Crippen LogP contribution in [-0.2, 0) is 4.79 Å². The Bertz CT molecular complexity index is 856. The minimum atomic E-state index is -0.143. The van der Waals surface area contributed by atoms with Crippen LogP contribution in [0.25, 0.3) is 0 Å².